The molecule has 0 aliphatic rings. The van der Waals surface area contributed by atoms with Gasteiger partial charge in [-0.15, -0.1) is 0 Å². The highest BCUT2D eigenvalue weighted by Crippen LogP contribution is 2.37. The Morgan fingerprint density at radius 1 is 1.44 bits per heavy atom. The normalized spacial score (nSPS) is 14.4. The van der Waals surface area contributed by atoms with E-state index in [1.165, 1.54) is 0 Å². The van der Waals surface area contributed by atoms with Crippen LogP contribution in [0.2, 0.25) is 18.1 Å². The molecular formula is C13H24N2O2Si. The van der Waals surface area contributed by atoms with E-state index in [0.717, 1.165) is 0 Å². The van der Waals surface area contributed by atoms with Gasteiger partial charge in [0.2, 0.25) is 0 Å². The van der Waals surface area contributed by atoms with Gasteiger partial charge in [-0.25, -0.2) is 4.68 Å². The summed E-state index contributed by atoms with van der Waals surface area (Å²) in [5.41, 5.74) is 0. The van der Waals surface area contributed by atoms with Gasteiger partial charge in [0, 0.05) is 6.07 Å². The van der Waals surface area contributed by atoms with Crippen molar-refractivity contribution in [1.29, 1.82) is 0 Å². The lowest BCUT2D eigenvalue weighted by molar-refractivity contribution is -0.120. The molecule has 1 aromatic heterocycles. The zero-order valence-corrected chi connectivity index (χ0v) is 13.4. The smallest absolute Gasteiger partial charge is 0.252 e. The number of aromatic nitrogens is 2. The van der Waals surface area contributed by atoms with Crippen molar-refractivity contribution in [3.8, 4) is 5.88 Å². The number of rotatable bonds is 4. The Kier molecular flexibility index (Phi) is 4.05. The fourth-order valence-electron chi connectivity index (χ4n) is 1.26. The molecule has 1 atom stereocenters. The van der Waals surface area contributed by atoms with Gasteiger partial charge in [0.05, 0.1) is 6.20 Å². The fraction of sp³-hybridized carbons (Fsp3) is 0.692. The molecule has 0 spiro atoms. The number of nitrogens with zero attached hydrogens (tertiary/aromatic N) is 2. The summed E-state index contributed by atoms with van der Waals surface area (Å²) in [5.74, 6) is 0.781. The molecule has 0 saturated heterocycles. The van der Waals surface area contributed by atoms with Gasteiger partial charge in [-0.05, 0) is 32.0 Å². The Morgan fingerprint density at radius 3 is 2.44 bits per heavy atom. The molecule has 1 aromatic rings. The Bertz CT molecular complexity index is 432. The van der Waals surface area contributed by atoms with Crippen molar-refractivity contribution in [2.75, 3.05) is 0 Å². The Hall–Kier alpha value is -1.10. The summed E-state index contributed by atoms with van der Waals surface area (Å²) in [4.78, 5) is 11.5. The van der Waals surface area contributed by atoms with E-state index in [0.29, 0.717) is 5.88 Å². The second-order valence-corrected chi connectivity index (χ2v) is 11.0. The maximum atomic E-state index is 11.5. The molecule has 0 saturated carbocycles. The maximum Gasteiger partial charge on any atom is 0.252 e. The first-order chi connectivity index (χ1) is 8.06. The SMILES string of the molecule is CC(=O)C(C)n1nccc1O[Si](C)(C)C(C)(C)C. The summed E-state index contributed by atoms with van der Waals surface area (Å²) < 4.78 is 7.87. The molecule has 5 heteroatoms. The molecule has 0 fully saturated rings. The van der Waals surface area contributed by atoms with Crippen molar-refractivity contribution < 1.29 is 9.22 Å². The van der Waals surface area contributed by atoms with E-state index >= 15 is 0 Å². The van der Waals surface area contributed by atoms with Crippen molar-refractivity contribution in [3.63, 3.8) is 0 Å². The van der Waals surface area contributed by atoms with Gasteiger partial charge in [0.25, 0.3) is 8.32 Å². The molecule has 102 valence electrons. The quantitative estimate of drug-likeness (QED) is 0.786. The van der Waals surface area contributed by atoms with E-state index < -0.39 is 8.32 Å². The highest BCUT2D eigenvalue weighted by molar-refractivity contribution is 6.74. The van der Waals surface area contributed by atoms with Crippen molar-refractivity contribution in [2.45, 2.75) is 58.8 Å². The van der Waals surface area contributed by atoms with Crippen LogP contribution in [-0.2, 0) is 4.79 Å². The average Bonchev–Trinajstić information content (AvgIpc) is 2.61. The summed E-state index contributed by atoms with van der Waals surface area (Å²) in [6.45, 7) is 14.3. The summed E-state index contributed by atoms with van der Waals surface area (Å²) in [5, 5.41) is 4.32. The zero-order valence-electron chi connectivity index (χ0n) is 12.4. The molecule has 18 heavy (non-hydrogen) atoms. The van der Waals surface area contributed by atoms with Crippen LogP contribution in [0, 0.1) is 0 Å². The first kappa shape index (κ1) is 15.0. The topological polar surface area (TPSA) is 44.1 Å². The number of Topliss-reactive ketones (excluding diaryl/α,β-unsaturated/α-hetero) is 1. The van der Waals surface area contributed by atoms with Crippen LogP contribution in [0.3, 0.4) is 0 Å². The highest BCUT2D eigenvalue weighted by atomic mass is 28.4. The molecule has 1 rings (SSSR count). The van der Waals surface area contributed by atoms with Crippen LogP contribution < -0.4 is 4.43 Å². The second-order valence-electron chi connectivity index (χ2n) is 6.26. The Morgan fingerprint density at radius 2 is 2.00 bits per heavy atom. The Labute approximate surface area is 110 Å². The molecule has 0 amide bonds. The second kappa shape index (κ2) is 4.88. The van der Waals surface area contributed by atoms with Gasteiger partial charge >= 0.3 is 0 Å². The molecule has 0 aliphatic heterocycles. The average molecular weight is 268 g/mol. The number of carbonyl (C=O) groups excluding carboxylic acids is 1. The van der Waals surface area contributed by atoms with Crippen molar-refractivity contribution in [1.82, 2.24) is 9.78 Å². The van der Waals surface area contributed by atoms with Gasteiger partial charge in [0.1, 0.15) is 6.04 Å². The zero-order chi connectivity index (χ0) is 14.1. The maximum absolute atomic E-state index is 11.5. The Balaban J connectivity index is 3.00. The van der Waals surface area contributed by atoms with E-state index in [9.17, 15) is 4.79 Å². The van der Waals surface area contributed by atoms with Crippen LogP contribution in [0.4, 0.5) is 0 Å². The van der Waals surface area contributed by atoms with Gasteiger partial charge in [0.15, 0.2) is 11.7 Å². The standard InChI is InChI=1S/C13H24N2O2Si/c1-10(11(2)16)15-12(8-9-14-15)17-18(6,7)13(3,4)5/h8-10H,1-7H3. The molecule has 0 aromatic carbocycles. The summed E-state index contributed by atoms with van der Waals surface area (Å²) in [7, 11) is -1.89. The first-order valence-electron chi connectivity index (χ1n) is 6.29. The van der Waals surface area contributed by atoms with Crippen molar-refractivity contribution >= 4 is 14.1 Å². The third kappa shape index (κ3) is 3.01. The van der Waals surface area contributed by atoms with Gasteiger partial charge in [-0.3, -0.25) is 4.79 Å². The molecule has 1 heterocycles. The van der Waals surface area contributed by atoms with Crippen LogP contribution in [-0.4, -0.2) is 23.9 Å². The van der Waals surface area contributed by atoms with E-state index in [4.69, 9.17) is 4.43 Å². The summed E-state index contributed by atoms with van der Waals surface area (Å²) >= 11 is 0. The van der Waals surface area contributed by atoms with Crippen LogP contribution in [0.25, 0.3) is 0 Å². The van der Waals surface area contributed by atoms with Crippen LogP contribution in [0.5, 0.6) is 5.88 Å². The van der Waals surface area contributed by atoms with Crippen LogP contribution in [0.15, 0.2) is 12.3 Å². The molecule has 4 nitrogen and oxygen atoms in total. The summed E-state index contributed by atoms with van der Waals surface area (Å²) in [6, 6.07) is 1.56. The predicted octanol–water partition coefficient (Wildman–Crippen LogP) is 3.42. The van der Waals surface area contributed by atoms with E-state index in [2.05, 4.69) is 39.0 Å². The lowest BCUT2D eigenvalue weighted by Crippen LogP contribution is -2.44. The highest BCUT2D eigenvalue weighted by Gasteiger charge is 2.39. The lowest BCUT2D eigenvalue weighted by Gasteiger charge is -2.36. The molecule has 0 radical (unpaired) electrons. The monoisotopic (exact) mass is 268 g/mol. The largest absolute Gasteiger partial charge is 0.531 e. The van der Waals surface area contributed by atoms with E-state index in [1.807, 2.05) is 13.0 Å². The third-order valence-electron chi connectivity index (χ3n) is 3.76. The summed E-state index contributed by atoms with van der Waals surface area (Å²) in [6.07, 6.45) is 1.68. The lowest BCUT2D eigenvalue weighted by atomic mass is 10.2. The number of hydrogen-bond donors (Lipinski definition) is 0. The minimum Gasteiger partial charge on any atom is -0.531 e. The first-order valence-corrected chi connectivity index (χ1v) is 9.20. The predicted molar refractivity (Wildman–Crippen MR) is 75.4 cm³/mol. The van der Waals surface area contributed by atoms with Crippen molar-refractivity contribution in [3.05, 3.63) is 12.3 Å². The third-order valence-corrected chi connectivity index (χ3v) is 8.09. The minimum atomic E-state index is -1.89. The van der Waals surface area contributed by atoms with Crippen LogP contribution >= 0.6 is 0 Å². The molecule has 1 unspecified atom stereocenters. The molecular weight excluding hydrogens is 244 g/mol. The van der Waals surface area contributed by atoms with Gasteiger partial charge in [-0.1, -0.05) is 20.8 Å². The number of hydrogen-bond acceptors (Lipinski definition) is 3. The van der Waals surface area contributed by atoms with Crippen LogP contribution in [0.1, 0.15) is 40.7 Å². The fourth-order valence-corrected chi connectivity index (χ4v) is 2.25. The van der Waals surface area contributed by atoms with Crippen molar-refractivity contribution in [2.24, 2.45) is 0 Å². The van der Waals surface area contributed by atoms with Gasteiger partial charge < -0.3 is 4.43 Å². The molecule has 0 bridgehead atoms. The van der Waals surface area contributed by atoms with E-state index in [-0.39, 0.29) is 16.9 Å². The van der Waals surface area contributed by atoms with E-state index in [1.54, 1.807) is 17.8 Å². The van der Waals surface area contributed by atoms with Gasteiger partial charge in [-0.2, -0.15) is 5.10 Å². The minimum absolute atomic E-state index is 0.0822. The number of carbonyl (C=O) groups is 1. The molecule has 0 N–H and O–H groups in total. The number of ketones is 1. The molecule has 0 aliphatic carbocycles.